The van der Waals surface area contributed by atoms with Crippen LogP contribution in [0.3, 0.4) is 0 Å². The van der Waals surface area contributed by atoms with Crippen molar-refractivity contribution in [3.05, 3.63) is 0 Å². The molecule has 0 bridgehead atoms. The van der Waals surface area contributed by atoms with Gasteiger partial charge in [-0.2, -0.15) is 0 Å². The lowest BCUT2D eigenvalue weighted by Gasteiger charge is -2.15. The molecule has 0 aromatic carbocycles. The van der Waals surface area contributed by atoms with Crippen LogP contribution in [0.25, 0.3) is 0 Å². The van der Waals surface area contributed by atoms with Gasteiger partial charge in [-0.1, -0.05) is 39.4 Å². The van der Waals surface area contributed by atoms with E-state index in [1.807, 2.05) is 0 Å². The number of hydrogen-bond donors (Lipinski definition) is 0. The van der Waals surface area contributed by atoms with Crippen molar-refractivity contribution in [2.45, 2.75) is 52.2 Å². The molecular formula is C10H22O2Si. The van der Waals surface area contributed by atoms with Crippen LogP contribution in [0.2, 0.25) is 19.6 Å². The van der Waals surface area contributed by atoms with Crippen molar-refractivity contribution in [2.75, 3.05) is 6.23 Å². The molecule has 0 atom stereocenters. The summed E-state index contributed by atoms with van der Waals surface area (Å²) in [6.07, 6.45) is 4.51. The highest BCUT2D eigenvalue weighted by atomic mass is 28.3. The maximum atomic E-state index is 11.2. The molecule has 0 unspecified atom stereocenters. The number of carbonyl (C=O) groups excluding carboxylic acids is 1. The van der Waals surface area contributed by atoms with Crippen molar-refractivity contribution in [3.63, 3.8) is 0 Å². The van der Waals surface area contributed by atoms with Gasteiger partial charge >= 0.3 is 5.97 Å². The van der Waals surface area contributed by atoms with Gasteiger partial charge in [0.25, 0.3) is 0 Å². The fraction of sp³-hybridized carbons (Fsp3) is 0.900. The molecule has 0 saturated carbocycles. The summed E-state index contributed by atoms with van der Waals surface area (Å²) >= 11 is 0. The molecule has 0 spiro atoms. The van der Waals surface area contributed by atoms with E-state index in [1.165, 1.54) is 0 Å². The van der Waals surface area contributed by atoms with E-state index in [0.717, 1.165) is 19.3 Å². The second kappa shape index (κ2) is 6.19. The van der Waals surface area contributed by atoms with Gasteiger partial charge in [-0.3, -0.25) is 4.79 Å². The van der Waals surface area contributed by atoms with Gasteiger partial charge in [0.05, 0.1) is 14.3 Å². The molecule has 0 fully saturated rings. The summed E-state index contributed by atoms with van der Waals surface area (Å²) in [7, 11) is -1.21. The van der Waals surface area contributed by atoms with Gasteiger partial charge in [-0.05, 0) is 6.42 Å². The van der Waals surface area contributed by atoms with Gasteiger partial charge in [0.1, 0.15) is 0 Å². The smallest absolute Gasteiger partial charge is 0.305 e. The highest BCUT2D eigenvalue weighted by Crippen LogP contribution is 2.04. The van der Waals surface area contributed by atoms with Crippen molar-refractivity contribution in [1.29, 1.82) is 0 Å². The van der Waals surface area contributed by atoms with Gasteiger partial charge in [-0.15, -0.1) is 0 Å². The van der Waals surface area contributed by atoms with E-state index in [1.54, 1.807) is 0 Å². The van der Waals surface area contributed by atoms with Gasteiger partial charge < -0.3 is 4.74 Å². The molecule has 0 N–H and O–H groups in total. The van der Waals surface area contributed by atoms with Crippen molar-refractivity contribution < 1.29 is 9.53 Å². The molecule has 0 saturated heterocycles. The summed E-state index contributed by atoms with van der Waals surface area (Å²) in [4.78, 5) is 11.2. The predicted octanol–water partition coefficient (Wildman–Crippen LogP) is 2.99. The molecule has 0 aliphatic rings. The molecular weight excluding hydrogens is 180 g/mol. The zero-order chi connectivity index (χ0) is 10.3. The Kier molecular flexibility index (Phi) is 6.04. The molecule has 2 nitrogen and oxygen atoms in total. The number of esters is 1. The topological polar surface area (TPSA) is 26.3 Å². The maximum Gasteiger partial charge on any atom is 0.305 e. The molecule has 13 heavy (non-hydrogen) atoms. The highest BCUT2D eigenvalue weighted by Gasteiger charge is 2.15. The Morgan fingerprint density at radius 2 is 1.85 bits per heavy atom. The van der Waals surface area contributed by atoms with E-state index in [0.29, 0.717) is 12.7 Å². The molecule has 0 heterocycles. The minimum atomic E-state index is -1.21. The molecule has 0 rings (SSSR count). The molecule has 0 radical (unpaired) electrons. The Morgan fingerprint density at radius 3 is 2.31 bits per heavy atom. The average Bonchev–Trinajstić information content (AvgIpc) is 2.00. The Labute approximate surface area is 82.7 Å². The Balaban J connectivity index is 3.41. The molecule has 0 aromatic heterocycles. The summed E-state index contributed by atoms with van der Waals surface area (Å²) < 4.78 is 5.18. The molecule has 0 amide bonds. The predicted molar refractivity (Wildman–Crippen MR) is 58.4 cm³/mol. The number of carbonyl (C=O) groups is 1. The van der Waals surface area contributed by atoms with E-state index < -0.39 is 8.07 Å². The first-order valence-electron chi connectivity index (χ1n) is 5.11. The normalized spacial score (nSPS) is 11.4. The Hall–Kier alpha value is -0.313. The van der Waals surface area contributed by atoms with Gasteiger partial charge in [-0.25, -0.2) is 0 Å². The lowest BCUT2D eigenvalue weighted by molar-refractivity contribution is -0.142. The van der Waals surface area contributed by atoms with Crippen molar-refractivity contribution in [1.82, 2.24) is 0 Å². The minimum absolute atomic E-state index is 0.0177. The third-order valence-electron chi connectivity index (χ3n) is 1.65. The summed E-state index contributed by atoms with van der Waals surface area (Å²) in [5.74, 6) is -0.0177. The fourth-order valence-electron chi connectivity index (χ4n) is 0.889. The first-order valence-corrected chi connectivity index (χ1v) is 8.82. The third kappa shape index (κ3) is 9.60. The van der Waals surface area contributed by atoms with Crippen LogP contribution in [0.4, 0.5) is 0 Å². The second-order valence-electron chi connectivity index (χ2n) is 4.68. The summed E-state index contributed by atoms with van der Waals surface area (Å²) in [5, 5.41) is 0. The highest BCUT2D eigenvalue weighted by molar-refractivity contribution is 6.76. The van der Waals surface area contributed by atoms with Crippen LogP contribution in [0.15, 0.2) is 0 Å². The van der Waals surface area contributed by atoms with Crippen molar-refractivity contribution >= 4 is 14.0 Å². The zero-order valence-electron chi connectivity index (χ0n) is 9.35. The standard InChI is InChI=1S/C10H22O2Si/c1-5-6-7-8-10(11)12-9-13(2,3)4/h5-9H2,1-4H3. The lowest BCUT2D eigenvalue weighted by Crippen LogP contribution is -2.29. The van der Waals surface area contributed by atoms with Gasteiger partial charge in [0.2, 0.25) is 0 Å². The van der Waals surface area contributed by atoms with Crippen LogP contribution in [-0.4, -0.2) is 20.3 Å². The summed E-state index contributed by atoms with van der Waals surface area (Å²) in [6.45, 7) is 8.73. The van der Waals surface area contributed by atoms with Crippen LogP contribution in [0.1, 0.15) is 32.6 Å². The summed E-state index contributed by atoms with van der Waals surface area (Å²) in [6, 6.07) is 0. The number of ether oxygens (including phenoxy) is 1. The van der Waals surface area contributed by atoms with E-state index >= 15 is 0 Å². The quantitative estimate of drug-likeness (QED) is 0.376. The third-order valence-corrected chi connectivity index (χ3v) is 2.66. The van der Waals surface area contributed by atoms with E-state index in [2.05, 4.69) is 26.6 Å². The van der Waals surface area contributed by atoms with E-state index in [9.17, 15) is 4.79 Å². The molecule has 0 aliphatic heterocycles. The van der Waals surface area contributed by atoms with Gasteiger partial charge in [0, 0.05) is 6.42 Å². The number of unbranched alkanes of at least 4 members (excludes halogenated alkanes) is 2. The van der Waals surface area contributed by atoms with E-state index in [-0.39, 0.29) is 5.97 Å². The minimum Gasteiger partial charge on any atom is -0.469 e. The van der Waals surface area contributed by atoms with Crippen molar-refractivity contribution in [3.8, 4) is 0 Å². The Morgan fingerprint density at radius 1 is 1.23 bits per heavy atom. The molecule has 0 aromatic rings. The lowest BCUT2D eigenvalue weighted by atomic mass is 10.2. The monoisotopic (exact) mass is 202 g/mol. The number of rotatable bonds is 6. The van der Waals surface area contributed by atoms with Gasteiger partial charge in [0.15, 0.2) is 0 Å². The van der Waals surface area contributed by atoms with E-state index in [4.69, 9.17) is 4.74 Å². The first-order chi connectivity index (χ1) is 5.95. The second-order valence-corrected chi connectivity index (χ2v) is 10.1. The van der Waals surface area contributed by atoms with Crippen LogP contribution >= 0.6 is 0 Å². The zero-order valence-corrected chi connectivity index (χ0v) is 10.4. The SMILES string of the molecule is CCCCCC(=O)OC[Si](C)(C)C. The van der Waals surface area contributed by atoms with Crippen LogP contribution in [0, 0.1) is 0 Å². The fourth-order valence-corrected chi connectivity index (χ4v) is 1.48. The Bertz CT molecular complexity index is 149. The van der Waals surface area contributed by atoms with Crippen LogP contribution in [0.5, 0.6) is 0 Å². The van der Waals surface area contributed by atoms with Crippen LogP contribution < -0.4 is 0 Å². The maximum absolute atomic E-state index is 11.2. The largest absolute Gasteiger partial charge is 0.469 e. The molecule has 0 aliphatic carbocycles. The summed E-state index contributed by atoms with van der Waals surface area (Å²) in [5.41, 5.74) is 0. The first kappa shape index (κ1) is 12.7. The molecule has 3 heteroatoms. The van der Waals surface area contributed by atoms with Crippen molar-refractivity contribution in [2.24, 2.45) is 0 Å². The van der Waals surface area contributed by atoms with Crippen LogP contribution in [-0.2, 0) is 9.53 Å². The number of hydrogen-bond acceptors (Lipinski definition) is 2. The average molecular weight is 202 g/mol. The molecule has 78 valence electrons.